The van der Waals surface area contributed by atoms with Gasteiger partial charge in [-0.3, -0.25) is 4.79 Å². The fraction of sp³-hybridized carbons (Fsp3) is 0.158. The standard InChI is InChI=1S/C19H15BrCl2N2O3/c1-24-19(25)13(9-23)6-12-7-17(26-2)18(8-14(12)20)27-10-11-3-4-15(21)16(22)5-11/h3-8H,10H2,1-2H3,(H,24,25)/b13-6-. The molecule has 0 saturated heterocycles. The molecule has 2 rings (SSSR count). The number of nitrogens with one attached hydrogen (secondary N) is 1. The Morgan fingerprint density at radius 1 is 1.26 bits per heavy atom. The molecule has 27 heavy (non-hydrogen) atoms. The van der Waals surface area contributed by atoms with E-state index in [1.54, 1.807) is 24.3 Å². The van der Waals surface area contributed by atoms with E-state index in [9.17, 15) is 4.79 Å². The van der Waals surface area contributed by atoms with Crippen LogP contribution in [0, 0.1) is 11.3 Å². The Hall–Kier alpha value is -2.20. The van der Waals surface area contributed by atoms with Gasteiger partial charge in [0.2, 0.25) is 0 Å². The molecule has 0 atom stereocenters. The summed E-state index contributed by atoms with van der Waals surface area (Å²) in [5.41, 5.74) is 1.43. The molecule has 8 heteroatoms. The molecule has 0 heterocycles. The van der Waals surface area contributed by atoms with Crippen molar-refractivity contribution in [2.75, 3.05) is 14.2 Å². The highest BCUT2D eigenvalue weighted by Crippen LogP contribution is 2.35. The zero-order valence-corrected chi connectivity index (χ0v) is 17.6. The van der Waals surface area contributed by atoms with Crippen LogP contribution in [0.25, 0.3) is 6.08 Å². The number of ether oxygens (including phenoxy) is 2. The normalized spacial score (nSPS) is 10.9. The number of nitrogens with zero attached hydrogens (tertiary/aromatic N) is 1. The molecule has 140 valence electrons. The number of halogens is 3. The fourth-order valence-corrected chi connectivity index (χ4v) is 2.92. The maximum atomic E-state index is 11.7. The maximum Gasteiger partial charge on any atom is 0.261 e. The first-order valence-electron chi connectivity index (χ1n) is 7.67. The molecule has 2 aromatic rings. The van der Waals surface area contributed by atoms with Gasteiger partial charge in [0.05, 0.1) is 17.2 Å². The number of methoxy groups -OCH3 is 1. The van der Waals surface area contributed by atoms with Crippen molar-refractivity contribution in [2.24, 2.45) is 0 Å². The van der Waals surface area contributed by atoms with Gasteiger partial charge in [0.1, 0.15) is 18.2 Å². The molecule has 0 saturated carbocycles. The minimum atomic E-state index is -0.469. The van der Waals surface area contributed by atoms with Gasteiger partial charge in [-0.05, 0) is 41.5 Å². The maximum absolute atomic E-state index is 11.7. The van der Waals surface area contributed by atoms with E-state index < -0.39 is 5.91 Å². The summed E-state index contributed by atoms with van der Waals surface area (Å²) in [6.45, 7) is 0.260. The van der Waals surface area contributed by atoms with Gasteiger partial charge < -0.3 is 14.8 Å². The molecule has 2 aromatic carbocycles. The van der Waals surface area contributed by atoms with Crippen molar-refractivity contribution in [3.8, 4) is 17.6 Å². The molecule has 5 nitrogen and oxygen atoms in total. The molecule has 1 amide bonds. The van der Waals surface area contributed by atoms with Gasteiger partial charge in [0.15, 0.2) is 11.5 Å². The van der Waals surface area contributed by atoms with E-state index in [0.717, 1.165) is 5.56 Å². The Morgan fingerprint density at radius 3 is 2.59 bits per heavy atom. The van der Waals surface area contributed by atoms with Gasteiger partial charge in [-0.2, -0.15) is 5.26 Å². The molecular weight excluding hydrogens is 455 g/mol. The lowest BCUT2D eigenvalue weighted by atomic mass is 10.1. The van der Waals surface area contributed by atoms with Gasteiger partial charge in [0, 0.05) is 11.5 Å². The van der Waals surface area contributed by atoms with Crippen molar-refractivity contribution in [1.82, 2.24) is 5.32 Å². The van der Waals surface area contributed by atoms with Crippen LogP contribution in [0.3, 0.4) is 0 Å². The molecule has 0 fully saturated rings. The summed E-state index contributed by atoms with van der Waals surface area (Å²) in [7, 11) is 2.97. The van der Waals surface area contributed by atoms with Crippen molar-refractivity contribution in [3.05, 3.63) is 61.5 Å². The highest BCUT2D eigenvalue weighted by molar-refractivity contribution is 9.10. The second kappa shape index (κ2) is 9.65. The third-order valence-corrected chi connectivity index (χ3v) is 4.98. The van der Waals surface area contributed by atoms with Crippen LogP contribution in [0.2, 0.25) is 10.0 Å². The Bertz CT molecular complexity index is 939. The third-order valence-electron chi connectivity index (χ3n) is 3.55. The van der Waals surface area contributed by atoms with Gasteiger partial charge in [0.25, 0.3) is 5.91 Å². The lowest BCUT2D eigenvalue weighted by molar-refractivity contribution is -0.116. The first-order chi connectivity index (χ1) is 12.9. The van der Waals surface area contributed by atoms with Crippen LogP contribution in [0.1, 0.15) is 11.1 Å². The summed E-state index contributed by atoms with van der Waals surface area (Å²) in [6.07, 6.45) is 1.47. The number of rotatable bonds is 6. The third kappa shape index (κ3) is 5.39. The number of hydrogen-bond donors (Lipinski definition) is 1. The van der Waals surface area contributed by atoms with E-state index in [0.29, 0.717) is 31.6 Å². The summed E-state index contributed by atoms with van der Waals surface area (Å²) in [4.78, 5) is 11.7. The molecule has 0 bridgehead atoms. The van der Waals surface area contributed by atoms with Gasteiger partial charge in [-0.1, -0.05) is 45.2 Å². The zero-order chi connectivity index (χ0) is 20.0. The molecule has 0 spiro atoms. The highest BCUT2D eigenvalue weighted by Gasteiger charge is 2.13. The van der Waals surface area contributed by atoms with E-state index in [1.165, 1.54) is 20.2 Å². The zero-order valence-electron chi connectivity index (χ0n) is 14.5. The Morgan fingerprint density at radius 2 is 2.00 bits per heavy atom. The van der Waals surface area contributed by atoms with E-state index >= 15 is 0 Å². The number of carbonyl (C=O) groups excluding carboxylic acids is 1. The number of likely N-dealkylation sites (N-methyl/N-ethyl adjacent to an activating group) is 1. The predicted molar refractivity (Wildman–Crippen MR) is 109 cm³/mol. The molecular formula is C19H15BrCl2N2O3. The monoisotopic (exact) mass is 468 g/mol. The minimum Gasteiger partial charge on any atom is -0.493 e. The molecule has 0 aliphatic carbocycles. The van der Waals surface area contributed by atoms with Crippen LogP contribution in [0.15, 0.2) is 40.4 Å². The number of benzene rings is 2. The van der Waals surface area contributed by atoms with Crippen LogP contribution < -0.4 is 14.8 Å². The van der Waals surface area contributed by atoms with E-state index in [2.05, 4.69) is 21.2 Å². The summed E-state index contributed by atoms with van der Waals surface area (Å²) >= 11 is 15.4. The second-order valence-corrected chi connectivity index (χ2v) is 6.98. The van der Waals surface area contributed by atoms with Crippen molar-refractivity contribution < 1.29 is 14.3 Å². The molecule has 0 aromatic heterocycles. The molecule has 1 N–H and O–H groups in total. The Labute approximate surface area is 175 Å². The number of carbonyl (C=O) groups is 1. The SMILES string of the molecule is CNC(=O)/C(C#N)=C\c1cc(OC)c(OCc2ccc(Cl)c(Cl)c2)cc1Br. The van der Waals surface area contributed by atoms with E-state index in [4.69, 9.17) is 37.9 Å². The first-order valence-corrected chi connectivity index (χ1v) is 9.22. The van der Waals surface area contributed by atoms with E-state index in [1.807, 2.05) is 12.1 Å². The van der Waals surface area contributed by atoms with E-state index in [-0.39, 0.29) is 12.2 Å². The van der Waals surface area contributed by atoms with Crippen molar-refractivity contribution in [1.29, 1.82) is 5.26 Å². The predicted octanol–water partition coefficient (Wildman–Crippen LogP) is 5.00. The molecule has 0 unspecified atom stereocenters. The quantitative estimate of drug-likeness (QED) is 0.477. The molecule has 0 aliphatic heterocycles. The second-order valence-electron chi connectivity index (χ2n) is 5.31. The summed E-state index contributed by atoms with van der Waals surface area (Å²) in [6, 6.07) is 10.5. The van der Waals surface area contributed by atoms with Crippen LogP contribution in [-0.2, 0) is 11.4 Å². The lowest BCUT2D eigenvalue weighted by Crippen LogP contribution is -2.19. The number of nitriles is 1. The van der Waals surface area contributed by atoms with Crippen LogP contribution in [0.5, 0.6) is 11.5 Å². The van der Waals surface area contributed by atoms with Crippen molar-refractivity contribution in [3.63, 3.8) is 0 Å². The summed E-state index contributed by atoms with van der Waals surface area (Å²) in [5, 5.41) is 12.5. The number of amides is 1. The van der Waals surface area contributed by atoms with Gasteiger partial charge in [-0.15, -0.1) is 0 Å². The first kappa shape index (κ1) is 21.1. The van der Waals surface area contributed by atoms with Gasteiger partial charge in [-0.25, -0.2) is 0 Å². The highest BCUT2D eigenvalue weighted by atomic mass is 79.9. The fourth-order valence-electron chi connectivity index (χ4n) is 2.16. The lowest BCUT2D eigenvalue weighted by Gasteiger charge is -2.13. The van der Waals surface area contributed by atoms with Crippen molar-refractivity contribution >= 4 is 51.1 Å². The average molecular weight is 470 g/mol. The largest absolute Gasteiger partial charge is 0.493 e. The Balaban J connectivity index is 2.30. The van der Waals surface area contributed by atoms with Gasteiger partial charge >= 0.3 is 0 Å². The molecule has 0 aliphatic rings. The number of hydrogen-bond acceptors (Lipinski definition) is 4. The van der Waals surface area contributed by atoms with Crippen LogP contribution in [-0.4, -0.2) is 20.1 Å². The van der Waals surface area contributed by atoms with Crippen LogP contribution >= 0.6 is 39.1 Å². The van der Waals surface area contributed by atoms with Crippen LogP contribution in [0.4, 0.5) is 0 Å². The topological polar surface area (TPSA) is 71.4 Å². The smallest absolute Gasteiger partial charge is 0.261 e. The molecule has 0 radical (unpaired) electrons. The summed E-state index contributed by atoms with van der Waals surface area (Å²) in [5.74, 6) is 0.480. The average Bonchev–Trinajstić information content (AvgIpc) is 2.67. The summed E-state index contributed by atoms with van der Waals surface area (Å²) < 4.78 is 11.8. The minimum absolute atomic E-state index is 0.0234. The Kier molecular flexibility index (Phi) is 7.55. The van der Waals surface area contributed by atoms with Crippen molar-refractivity contribution in [2.45, 2.75) is 6.61 Å².